The number of nitrogens with one attached hydrogen (secondary N) is 1. The van der Waals surface area contributed by atoms with Crippen LogP contribution in [0.15, 0.2) is 42.5 Å². The molecule has 0 saturated heterocycles. The topological polar surface area (TPSA) is 92.8 Å². The van der Waals surface area contributed by atoms with E-state index in [0.29, 0.717) is 11.3 Å². The van der Waals surface area contributed by atoms with Gasteiger partial charge in [-0.3, -0.25) is 9.10 Å². The maximum absolute atomic E-state index is 14.3. The summed E-state index contributed by atoms with van der Waals surface area (Å²) in [5.41, 5.74) is 0.901. The SMILES string of the molecule is CCOC(=O)c1cccc(NC(=O)C(CC)N(c2ccccc2F)S(C)(=O)=O)c1C. The Hall–Kier alpha value is -2.94. The van der Waals surface area contributed by atoms with Crippen molar-refractivity contribution in [3.05, 3.63) is 59.4 Å². The number of rotatable bonds is 8. The summed E-state index contributed by atoms with van der Waals surface area (Å²) in [6.45, 7) is 5.17. The fraction of sp³-hybridized carbons (Fsp3) is 0.333. The molecule has 2 aromatic carbocycles. The van der Waals surface area contributed by atoms with Crippen LogP contribution in [-0.4, -0.2) is 39.2 Å². The fourth-order valence-corrected chi connectivity index (χ4v) is 4.30. The number of hydrogen-bond acceptors (Lipinski definition) is 5. The van der Waals surface area contributed by atoms with E-state index in [1.165, 1.54) is 18.2 Å². The first-order valence-electron chi connectivity index (χ1n) is 9.43. The quantitative estimate of drug-likeness (QED) is 0.640. The van der Waals surface area contributed by atoms with E-state index in [0.717, 1.165) is 16.6 Å². The number of benzene rings is 2. The highest BCUT2D eigenvalue weighted by atomic mass is 32.2. The van der Waals surface area contributed by atoms with E-state index in [-0.39, 0.29) is 24.3 Å². The minimum absolute atomic E-state index is 0.101. The van der Waals surface area contributed by atoms with Gasteiger partial charge in [0.05, 0.1) is 24.1 Å². The van der Waals surface area contributed by atoms with Gasteiger partial charge in [0, 0.05) is 5.69 Å². The Morgan fingerprint density at radius 1 is 1.13 bits per heavy atom. The molecular formula is C21H25FN2O5S. The maximum atomic E-state index is 14.3. The monoisotopic (exact) mass is 436 g/mol. The average molecular weight is 437 g/mol. The molecule has 1 unspecified atom stereocenters. The Morgan fingerprint density at radius 3 is 2.37 bits per heavy atom. The predicted octanol–water partition coefficient (Wildman–Crippen LogP) is 3.49. The molecule has 7 nitrogen and oxygen atoms in total. The fourth-order valence-electron chi connectivity index (χ4n) is 3.08. The molecule has 162 valence electrons. The summed E-state index contributed by atoms with van der Waals surface area (Å²) in [5, 5.41) is 2.67. The minimum atomic E-state index is -3.97. The smallest absolute Gasteiger partial charge is 0.338 e. The van der Waals surface area contributed by atoms with E-state index in [4.69, 9.17) is 4.74 Å². The van der Waals surface area contributed by atoms with Crippen molar-refractivity contribution in [2.45, 2.75) is 33.2 Å². The maximum Gasteiger partial charge on any atom is 0.338 e. The van der Waals surface area contributed by atoms with Gasteiger partial charge in [-0.05, 0) is 50.1 Å². The summed E-state index contributed by atoms with van der Waals surface area (Å²) in [6, 6.07) is 8.92. The molecule has 0 aromatic heterocycles. The zero-order chi connectivity index (χ0) is 22.5. The average Bonchev–Trinajstić information content (AvgIpc) is 2.67. The van der Waals surface area contributed by atoms with Gasteiger partial charge in [0.1, 0.15) is 11.9 Å². The Kier molecular flexibility index (Phi) is 7.55. The number of hydrogen-bond donors (Lipinski definition) is 1. The number of esters is 1. The lowest BCUT2D eigenvalue weighted by atomic mass is 10.1. The van der Waals surface area contributed by atoms with Gasteiger partial charge in [-0.25, -0.2) is 17.6 Å². The molecule has 0 heterocycles. The van der Waals surface area contributed by atoms with Crippen LogP contribution >= 0.6 is 0 Å². The number of ether oxygens (including phenoxy) is 1. The lowest BCUT2D eigenvalue weighted by molar-refractivity contribution is -0.117. The Balaban J connectivity index is 2.42. The first-order chi connectivity index (χ1) is 14.1. The van der Waals surface area contributed by atoms with Crippen LogP contribution in [0.3, 0.4) is 0 Å². The molecule has 2 aromatic rings. The zero-order valence-corrected chi connectivity index (χ0v) is 18.1. The summed E-state index contributed by atoms with van der Waals surface area (Å²) < 4.78 is 45.0. The van der Waals surface area contributed by atoms with E-state index in [1.807, 2.05) is 0 Å². The summed E-state index contributed by atoms with van der Waals surface area (Å²) in [4.78, 5) is 25.1. The summed E-state index contributed by atoms with van der Waals surface area (Å²) in [6.07, 6.45) is 1.02. The van der Waals surface area contributed by atoms with Gasteiger partial charge in [-0.2, -0.15) is 0 Å². The number of carbonyl (C=O) groups excluding carboxylic acids is 2. The molecule has 1 atom stereocenters. The van der Waals surface area contributed by atoms with Crippen LogP contribution in [0, 0.1) is 12.7 Å². The molecule has 30 heavy (non-hydrogen) atoms. The van der Waals surface area contributed by atoms with Crippen molar-refractivity contribution in [2.75, 3.05) is 22.5 Å². The zero-order valence-electron chi connectivity index (χ0n) is 17.3. The molecule has 0 aliphatic heterocycles. The molecular weight excluding hydrogens is 411 g/mol. The molecule has 0 aliphatic rings. The molecule has 9 heteroatoms. The summed E-state index contributed by atoms with van der Waals surface area (Å²) >= 11 is 0. The van der Waals surface area contributed by atoms with E-state index < -0.39 is 33.8 Å². The van der Waals surface area contributed by atoms with Crippen molar-refractivity contribution >= 4 is 33.3 Å². The lowest BCUT2D eigenvalue weighted by Crippen LogP contribution is -2.47. The molecule has 0 bridgehead atoms. The first-order valence-corrected chi connectivity index (χ1v) is 11.3. The standard InChI is InChI=1S/C21H25FN2O5S/c1-5-18(24(30(4,27)28)19-13-8-7-11-16(19)22)20(25)23-17-12-9-10-15(14(17)3)21(26)29-6-2/h7-13,18H,5-6H2,1-4H3,(H,23,25). The highest BCUT2D eigenvalue weighted by Crippen LogP contribution is 2.27. The number of halogens is 1. The van der Waals surface area contributed by atoms with E-state index >= 15 is 0 Å². The van der Waals surface area contributed by atoms with Crippen molar-refractivity contribution in [2.24, 2.45) is 0 Å². The van der Waals surface area contributed by atoms with Crippen molar-refractivity contribution < 1.29 is 27.1 Å². The van der Waals surface area contributed by atoms with E-state index in [2.05, 4.69) is 5.32 Å². The van der Waals surface area contributed by atoms with Gasteiger partial charge in [0.25, 0.3) is 0 Å². The van der Waals surface area contributed by atoms with Gasteiger partial charge in [-0.1, -0.05) is 25.1 Å². The van der Waals surface area contributed by atoms with Gasteiger partial charge < -0.3 is 10.1 Å². The molecule has 0 spiro atoms. The van der Waals surface area contributed by atoms with Gasteiger partial charge in [0.15, 0.2) is 0 Å². The molecule has 2 rings (SSSR count). The third-order valence-corrected chi connectivity index (χ3v) is 5.67. The van der Waals surface area contributed by atoms with Gasteiger partial charge in [0.2, 0.25) is 15.9 Å². The Morgan fingerprint density at radius 2 is 1.80 bits per heavy atom. The van der Waals surface area contributed by atoms with Crippen LogP contribution in [-0.2, 0) is 19.6 Å². The highest BCUT2D eigenvalue weighted by molar-refractivity contribution is 7.92. The second-order valence-corrected chi connectivity index (χ2v) is 8.48. The van der Waals surface area contributed by atoms with Crippen LogP contribution in [0.4, 0.5) is 15.8 Å². The molecule has 1 amide bonds. The van der Waals surface area contributed by atoms with Crippen molar-refractivity contribution in [3.8, 4) is 0 Å². The summed E-state index contributed by atoms with van der Waals surface area (Å²) in [5.74, 6) is -1.92. The van der Waals surface area contributed by atoms with E-state index in [9.17, 15) is 22.4 Å². The third-order valence-electron chi connectivity index (χ3n) is 4.51. The predicted molar refractivity (Wildman–Crippen MR) is 114 cm³/mol. The number of nitrogens with zero attached hydrogens (tertiary/aromatic N) is 1. The second kappa shape index (κ2) is 9.71. The van der Waals surface area contributed by atoms with Crippen molar-refractivity contribution in [1.29, 1.82) is 0 Å². The number of carbonyl (C=O) groups is 2. The molecule has 0 radical (unpaired) electrons. The molecule has 0 saturated carbocycles. The first kappa shape index (κ1) is 23.3. The summed E-state index contributed by atoms with van der Waals surface area (Å²) in [7, 11) is -3.97. The number of anilines is 2. The van der Waals surface area contributed by atoms with Crippen LogP contribution < -0.4 is 9.62 Å². The minimum Gasteiger partial charge on any atom is -0.462 e. The lowest BCUT2D eigenvalue weighted by Gasteiger charge is -2.30. The van der Waals surface area contributed by atoms with Crippen LogP contribution in [0.2, 0.25) is 0 Å². The Labute approximate surface area is 175 Å². The van der Waals surface area contributed by atoms with Crippen LogP contribution in [0.5, 0.6) is 0 Å². The Bertz CT molecular complexity index is 1040. The van der Waals surface area contributed by atoms with Crippen molar-refractivity contribution in [3.63, 3.8) is 0 Å². The normalized spacial score (nSPS) is 12.2. The van der Waals surface area contributed by atoms with Crippen LogP contribution in [0.1, 0.15) is 36.2 Å². The molecule has 0 aliphatic carbocycles. The second-order valence-electron chi connectivity index (χ2n) is 6.62. The highest BCUT2D eigenvalue weighted by Gasteiger charge is 2.33. The largest absolute Gasteiger partial charge is 0.462 e. The van der Waals surface area contributed by atoms with Gasteiger partial charge in [-0.15, -0.1) is 0 Å². The van der Waals surface area contributed by atoms with Crippen molar-refractivity contribution in [1.82, 2.24) is 0 Å². The number of para-hydroxylation sites is 1. The third kappa shape index (κ3) is 5.15. The van der Waals surface area contributed by atoms with Gasteiger partial charge >= 0.3 is 5.97 Å². The molecule has 1 N–H and O–H groups in total. The number of amides is 1. The molecule has 0 fully saturated rings. The van der Waals surface area contributed by atoms with Crippen LogP contribution in [0.25, 0.3) is 0 Å². The van der Waals surface area contributed by atoms with E-state index in [1.54, 1.807) is 39.0 Å². The number of sulfonamides is 1.